The molecule has 6 nitrogen and oxygen atoms in total. The summed E-state index contributed by atoms with van der Waals surface area (Å²) in [5, 5.41) is 0.974. The monoisotopic (exact) mass is 380 g/mol. The first-order valence-electron chi connectivity index (χ1n) is 8.30. The molecule has 1 aromatic carbocycles. The minimum atomic E-state index is 0. The molecule has 5 rings (SSSR count). The summed E-state index contributed by atoms with van der Waals surface area (Å²) < 4.78 is 17.1. The first-order chi connectivity index (χ1) is 12.9. The van der Waals surface area contributed by atoms with Crippen LogP contribution in [0.3, 0.4) is 0 Å². The quantitative estimate of drug-likeness (QED) is 0.463. The van der Waals surface area contributed by atoms with E-state index in [1.54, 1.807) is 18.9 Å². The van der Waals surface area contributed by atoms with Crippen molar-refractivity contribution in [2.45, 2.75) is 13.1 Å². The standard InChI is InChI=1S/C20H15N3O3.ClH/c1-2-8-17-16(7-1)18-19(26-17)20(22-13-21-18)23(11-14-5-3-9-24-14)12-15-6-4-10-25-15;/h1-10,13H,11-12H2;1H/p-1. The van der Waals surface area contributed by atoms with Gasteiger partial charge in [0.05, 0.1) is 25.6 Å². The molecule has 0 saturated carbocycles. The predicted molar refractivity (Wildman–Crippen MR) is 96.6 cm³/mol. The molecular formula is C20H15ClN3O3-. The lowest BCUT2D eigenvalue weighted by Crippen LogP contribution is -3.00. The SMILES string of the molecule is [Cl-].c1coc(CN(Cc2ccco2)c2ncnc3c2oc2ccccc23)c1. The number of para-hydroxylation sites is 1. The van der Waals surface area contributed by atoms with E-state index in [9.17, 15) is 0 Å². The Balaban J connectivity index is 0.00000180. The number of benzene rings is 1. The lowest BCUT2D eigenvalue weighted by atomic mass is 10.2. The predicted octanol–water partition coefficient (Wildman–Crippen LogP) is 1.77. The molecule has 0 unspecified atom stereocenters. The maximum absolute atomic E-state index is 6.08. The molecule has 0 aliphatic heterocycles. The third-order valence-electron chi connectivity index (χ3n) is 4.29. The number of hydrogen-bond acceptors (Lipinski definition) is 6. The third-order valence-corrected chi connectivity index (χ3v) is 4.29. The van der Waals surface area contributed by atoms with E-state index in [1.165, 1.54) is 0 Å². The number of rotatable bonds is 5. The van der Waals surface area contributed by atoms with Crippen LogP contribution in [0.4, 0.5) is 5.82 Å². The molecule has 0 aliphatic carbocycles. The zero-order chi connectivity index (χ0) is 17.3. The van der Waals surface area contributed by atoms with Crippen LogP contribution in [0.5, 0.6) is 0 Å². The van der Waals surface area contributed by atoms with Crippen molar-refractivity contribution in [3.8, 4) is 0 Å². The Labute approximate surface area is 160 Å². The van der Waals surface area contributed by atoms with Gasteiger partial charge >= 0.3 is 0 Å². The van der Waals surface area contributed by atoms with Crippen molar-refractivity contribution in [1.29, 1.82) is 0 Å². The molecule has 5 aromatic rings. The fourth-order valence-electron chi connectivity index (χ4n) is 3.12. The van der Waals surface area contributed by atoms with Gasteiger partial charge < -0.3 is 30.6 Å². The van der Waals surface area contributed by atoms with Crippen LogP contribution < -0.4 is 17.3 Å². The van der Waals surface area contributed by atoms with E-state index >= 15 is 0 Å². The van der Waals surface area contributed by atoms with E-state index in [1.807, 2.05) is 48.5 Å². The van der Waals surface area contributed by atoms with Crippen molar-refractivity contribution < 1.29 is 25.7 Å². The van der Waals surface area contributed by atoms with Crippen LogP contribution in [0.15, 0.2) is 80.6 Å². The van der Waals surface area contributed by atoms with Crippen LogP contribution in [0.1, 0.15) is 11.5 Å². The molecule has 0 saturated heterocycles. The molecule has 0 amide bonds. The maximum Gasteiger partial charge on any atom is 0.196 e. The van der Waals surface area contributed by atoms with Crippen LogP contribution in [0, 0.1) is 0 Å². The summed E-state index contributed by atoms with van der Waals surface area (Å²) in [7, 11) is 0. The number of hydrogen-bond donors (Lipinski definition) is 0. The van der Waals surface area contributed by atoms with Crippen LogP contribution in [0.2, 0.25) is 0 Å². The second kappa shape index (κ2) is 7.17. The van der Waals surface area contributed by atoms with Crippen LogP contribution in [-0.2, 0) is 13.1 Å². The zero-order valence-electron chi connectivity index (χ0n) is 14.2. The molecule has 4 aromatic heterocycles. The van der Waals surface area contributed by atoms with Gasteiger partial charge in [0.15, 0.2) is 11.4 Å². The first kappa shape index (κ1) is 17.2. The number of nitrogens with zero attached hydrogens (tertiary/aromatic N) is 3. The number of halogens is 1. The Morgan fingerprint density at radius 2 is 1.52 bits per heavy atom. The third kappa shape index (κ3) is 3.15. The van der Waals surface area contributed by atoms with Gasteiger partial charge in [-0.25, -0.2) is 9.97 Å². The molecule has 0 aliphatic rings. The minimum Gasteiger partial charge on any atom is -1.00 e. The Bertz CT molecular complexity index is 1110. The van der Waals surface area contributed by atoms with Crippen molar-refractivity contribution in [2.24, 2.45) is 0 Å². The van der Waals surface area contributed by atoms with E-state index in [4.69, 9.17) is 13.3 Å². The fraction of sp³-hybridized carbons (Fsp3) is 0.100. The Kier molecular flexibility index (Phi) is 4.56. The highest BCUT2D eigenvalue weighted by molar-refractivity contribution is 6.05. The molecule has 0 atom stereocenters. The molecule has 4 heterocycles. The minimum absolute atomic E-state index is 0. The van der Waals surface area contributed by atoms with Gasteiger partial charge in [-0.2, -0.15) is 0 Å². The maximum atomic E-state index is 6.08. The molecule has 27 heavy (non-hydrogen) atoms. The van der Waals surface area contributed by atoms with Crippen molar-refractivity contribution in [3.05, 3.63) is 78.9 Å². The van der Waals surface area contributed by atoms with E-state index in [-0.39, 0.29) is 12.4 Å². The summed E-state index contributed by atoms with van der Waals surface area (Å²) in [5.74, 6) is 2.37. The summed E-state index contributed by atoms with van der Waals surface area (Å²) in [6.07, 6.45) is 4.89. The summed E-state index contributed by atoms with van der Waals surface area (Å²) in [5.41, 5.74) is 2.25. The molecule has 0 radical (unpaired) electrons. The van der Waals surface area contributed by atoms with Gasteiger partial charge in [-0.1, -0.05) is 12.1 Å². The molecule has 136 valence electrons. The van der Waals surface area contributed by atoms with Gasteiger partial charge in [0.1, 0.15) is 28.9 Å². The van der Waals surface area contributed by atoms with Gasteiger partial charge in [-0.3, -0.25) is 0 Å². The number of furan rings is 3. The van der Waals surface area contributed by atoms with Gasteiger partial charge in [0, 0.05) is 5.39 Å². The second-order valence-electron chi connectivity index (χ2n) is 5.99. The number of anilines is 1. The molecule has 7 heteroatoms. The van der Waals surface area contributed by atoms with Crippen LogP contribution in [0.25, 0.3) is 22.1 Å². The van der Waals surface area contributed by atoms with Crippen LogP contribution >= 0.6 is 0 Å². The van der Waals surface area contributed by atoms with E-state index in [0.29, 0.717) is 24.5 Å². The van der Waals surface area contributed by atoms with Crippen molar-refractivity contribution in [2.75, 3.05) is 4.90 Å². The van der Waals surface area contributed by atoms with Crippen molar-refractivity contribution in [3.63, 3.8) is 0 Å². The van der Waals surface area contributed by atoms with Gasteiger partial charge in [-0.15, -0.1) is 0 Å². The smallest absolute Gasteiger partial charge is 0.196 e. The lowest BCUT2D eigenvalue weighted by Gasteiger charge is -2.21. The van der Waals surface area contributed by atoms with E-state index in [2.05, 4.69) is 14.9 Å². The van der Waals surface area contributed by atoms with Crippen molar-refractivity contribution in [1.82, 2.24) is 9.97 Å². The summed E-state index contributed by atoms with van der Waals surface area (Å²) in [6.45, 7) is 1.08. The van der Waals surface area contributed by atoms with Crippen molar-refractivity contribution >= 4 is 27.9 Å². The van der Waals surface area contributed by atoms with Gasteiger partial charge in [0.25, 0.3) is 0 Å². The topological polar surface area (TPSA) is 68.4 Å². The fourth-order valence-corrected chi connectivity index (χ4v) is 3.12. The summed E-state index contributed by atoms with van der Waals surface area (Å²) >= 11 is 0. The molecular weight excluding hydrogens is 366 g/mol. The highest BCUT2D eigenvalue weighted by Gasteiger charge is 2.20. The number of fused-ring (bicyclic) bond motifs is 3. The van der Waals surface area contributed by atoms with Gasteiger partial charge in [0.2, 0.25) is 0 Å². The van der Waals surface area contributed by atoms with Crippen LogP contribution in [-0.4, -0.2) is 9.97 Å². The summed E-state index contributed by atoms with van der Waals surface area (Å²) in [6, 6.07) is 15.5. The Morgan fingerprint density at radius 3 is 2.19 bits per heavy atom. The highest BCUT2D eigenvalue weighted by Crippen LogP contribution is 2.33. The average Bonchev–Trinajstić information content (AvgIpc) is 3.42. The average molecular weight is 381 g/mol. The molecule has 0 N–H and O–H groups in total. The normalized spacial score (nSPS) is 11.0. The first-order valence-corrected chi connectivity index (χ1v) is 8.30. The Hall–Kier alpha value is -3.25. The largest absolute Gasteiger partial charge is 1.00 e. The molecule has 0 spiro atoms. The Morgan fingerprint density at radius 1 is 0.815 bits per heavy atom. The summed E-state index contributed by atoms with van der Waals surface area (Å²) in [4.78, 5) is 11.0. The lowest BCUT2D eigenvalue weighted by molar-refractivity contribution is -0.00000677. The second-order valence-corrected chi connectivity index (χ2v) is 5.99. The van der Waals surface area contributed by atoms with E-state index in [0.717, 1.165) is 28.0 Å². The zero-order valence-corrected chi connectivity index (χ0v) is 15.0. The molecule has 0 fully saturated rings. The number of aromatic nitrogens is 2. The molecule has 0 bridgehead atoms. The van der Waals surface area contributed by atoms with Gasteiger partial charge in [-0.05, 0) is 36.4 Å². The van der Waals surface area contributed by atoms with E-state index < -0.39 is 0 Å². The highest BCUT2D eigenvalue weighted by atomic mass is 35.5.